The standard InChI is InChI=1S/C13H14ClFN2O/c1-9-11(15)6-10(8-16)7-12(9)17-13(18)4-2-3-5-14/h6-7H,2-5H2,1H3,(H,17,18). The summed E-state index contributed by atoms with van der Waals surface area (Å²) in [7, 11) is 0. The van der Waals surface area contributed by atoms with Gasteiger partial charge in [0.15, 0.2) is 0 Å². The molecule has 0 saturated heterocycles. The van der Waals surface area contributed by atoms with Crippen LogP contribution in [0.5, 0.6) is 0 Å². The molecular formula is C13H14ClFN2O. The minimum atomic E-state index is -0.495. The summed E-state index contributed by atoms with van der Waals surface area (Å²) in [6.07, 6.45) is 1.79. The summed E-state index contributed by atoms with van der Waals surface area (Å²) in [6, 6.07) is 4.47. The summed E-state index contributed by atoms with van der Waals surface area (Å²) < 4.78 is 13.5. The van der Waals surface area contributed by atoms with Gasteiger partial charge in [0, 0.05) is 23.6 Å². The first-order chi connectivity index (χ1) is 8.58. The van der Waals surface area contributed by atoms with Crippen molar-refractivity contribution in [2.24, 2.45) is 0 Å². The Balaban J connectivity index is 2.75. The molecule has 0 radical (unpaired) electrons. The average molecular weight is 269 g/mol. The van der Waals surface area contributed by atoms with E-state index in [4.69, 9.17) is 16.9 Å². The minimum Gasteiger partial charge on any atom is -0.326 e. The zero-order chi connectivity index (χ0) is 13.5. The third-order valence-corrected chi connectivity index (χ3v) is 2.80. The number of amides is 1. The molecule has 0 spiro atoms. The number of halogens is 2. The first-order valence-corrected chi connectivity index (χ1v) is 6.18. The van der Waals surface area contributed by atoms with Gasteiger partial charge in [0.1, 0.15) is 5.82 Å². The van der Waals surface area contributed by atoms with Crippen LogP contribution in [-0.2, 0) is 4.79 Å². The van der Waals surface area contributed by atoms with E-state index >= 15 is 0 Å². The number of hydrogen-bond acceptors (Lipinski definition) is 2. The van der Waals surface area contributed by atoms with Gasteiger partial charge in [-0.25, -0.2) is 4.39 Å². The molecule has 0 fully saturated rings. The second kappa shape index (κ2) is 6.97. The van der Waals surface area contributed by atoms with E-state index in [1.54, 1.807) is 6.92 Å². The summed E-state index contributed by atoms with van der Waals surface area (Å²) in [5, 5.41) is 11.4. The summed E-state index contributed by atoms with van der Waals surface area (Å²) in [6.45, 7) is 1.56. The highest BCUT2D eigenvalue weighted by molar-refractivity contribution is 6.17. The maximum absolute atomic E-state index is 13.5. The van der Waals surface area contributed by atoms with Gasteiger partial charge in [-0.2, -0.15) is 5.26 Å². The van der Waals surface area contributed by atoms with Crippen molar-refractivity contribution in [1.82, 2.24) is 0 Å². The number of carbonyl (C=O) groups is 1. The van der Waals surface area contributed by atoms with Crippen LogP contribution in [0, 0.1) is 24.1 Å². The molecule has 0 heterocycles. The Labute approximate surface area is 111 Å². The zero-order valence-corrected chi connectivity index (χ0v) is 10.9. The lowest BCUT2D eigenvalue weighted by atomic mass is 10.1. The molecule has 96 valence electrons. The van der Waals surface area contributed by atoms with Gasteiger partial charge < -0.3 is 5.32 Å². The van der Waals surface area contributed by atoms with Crippen molar-refractivity contribution < 1.29 is 9.18 Å². The van der Waals surface area contributed by atoms with Crippen molar-refractivity contribution in [3.8, 4) is 6.07 Å². The van der Waals surface area contributed by atoms with Crippen LogP contribution >= 0.6 is 11.6 Å². The van der Waals surface area contributed by atoms with Gasteiger partial charge in [-0.1, -0.05) is 0 Å². The number of unbranched alkanes of at least 4 members (excludes halogenated alkanes) is 1. The fraction of sp³-hybridized carbons (Fsp3) is 0.385. The molecular weight excluding hydrogens is 255 g/mol. The number of benzene rings is 1. The number of nitrogens with one attached hydrogen (secondary N) is 1. The predicted octanol–water partition coefficient (Wildman–Crippen LogP) is 3.35. The Morgan fingerprint density at radius 2 is 2.22 bits per heavy atom. The van der Waals surface area contributed by atoms with Crippen molar-refractivity contribution in [2.75, 3.05) is 11.2 Å². The van der Waals surface area contributed by atoms with Crippen molar-refractivity contribution in [1.29, 1.82) is 5.26 Å². The molecule has 0 bridgehead atoms. The molecule has 3 nitrogen and oxygen atoms in total. The highest BCUT2D eigenvalue weighted by Crippen LogP contribution is 2.20. The molecule has 1 rings (SSSR count). The smallest absolute Gasteiger partial charge is 0.224 e. The van der Waals surface area contributed by atoms with Crippen molar-refractivity contribution in [2.45, 2.75) is 26.2 Å². The Morgan fingerprint density at radius 3 is 2.83 bits per heavy atom. The van der Waals surface area contributed by atoms with Gasteiger partial charge in [0.05, 0.1) is 11.6 Å². The molecule has 0 aliphatic carbocycles. The van der Waals surface area contributed by atoms with Gasteiger partial charge in [-0.15, -0.1) is 11.6 Å². The Hall–Kier alpha value is -1.60. The molecule has 0 aliphatic rings. The number of anilines is 1. The third kappa shape index (κ3) is 4.01. The summed E-state index contributed by atoms with van der Waals surface area (Å²) in [4.78, 5) is 11.6. The van der Waals surface area contributed by atoms with Crippen LogP contribution in [0.15, 0.2) is 12.1 Å². The number of alkyl halides is 1. The fourth-order valence-electron chi connectivity index (χ4n) is 1.47. The average Bonchev–Trinajstić information content (AvgIpc) is 2.35. The van der Waals surface area contributed by atoms with E-state index in [1.165, 1.54) is 6.07 Å². The molecule has 0 aromatic heterocycles. The van der Waals surface area contributed by atoms with E-state index in [9.17, 15) is 9.18 Å². The Morgan fingerprint density at radius 1 is 1.50 bits per heavy atom. The van der Waals surface area contributed by atoms with Gasteiger partial charge in [-0.05, 0) is 31.9 Å². The highest BCUT2D eigenvalue weighted by atomic mass is 35.5. The van der Waals surface area contributed by atoms with Crippen LogP contribution in [0.1, 0.15) is 30.4 Å². The van der Waals surface area contributed by atoms with Crippen LogP contribution in [0.4, 0.5) is 10.1 Å². The van der Waals surface area contributed by atoms with Crippen molar-refractivity contribution in [3.63, 3.8) is 0 Å². The van der Waals surface area contributed by atoms with Gasteiger partial charge >= 0.3 is 0 Å². The van der Waals surface area contributed by atoms with Crippen molar-refractivity contribution >= 4 is 23.2 Å². The second-order valence-electron chi connectivity index (χ2n) is 3.94. The summed E-state index contributed by atoms with van der Waals surface area (Å²) >= 11 is 5.51. The molecule has 1 amide bonds. The number of rotatable bonds is 5. The van der Waals surface area contributed by atoms with Crippen LogP contribution in [0.25, 0.3) is 0 Å². The van der Waals surface area contributed by atoms with Gasteiger partial charge in [0.2, 0.25) is 5.91 Å². The van der Waals surface area contributed by atoms with E-state index in [2.05, 4.69) is 5.32 Å². The monoisotopic (exact) mass is 268 g/mol. The molecule has 5 heteroatoms. The topological polar surface area (TPSA) is 52.9 Å². The molecule has 18 heavy (non-hydrogen) atoms. The normalized spacial score (nSPS) is 9.89. The van der Waals surface area contributed by atoms with E-state index in [1.807, 2.05) is 6.07 Å². The minimum absolute atomic E-state index is 0.189. The van der Waals surface area contributed by atoms with E-state index in [0.29, 0.717) is 30.0 Å². The van der Waals surface area contributed by atoms with E-state index in [0.717, 1.165) is 12.5 Å². The number of nitrogens with zero attached hydrogens (tertiary/aromatic N) is 1. The number of hydrogen-bond donors (Lipinski definition) is 1. The van der Waals surface area contributed by atoms with E-state index < -0.39 is 5.82 Å². The third-order valence-electron chi connectivity index (χ3n) is 2.53. The van der Waals surface area contributed by atoms with Crippen LogP contribution < -0.4 is 5.32 Å². The van der Waals surface area contributed by atoms with Crippen LogP contribution in [0.3, 0.4) is 0 Å². The molecule has 1 aromatic rings. The van der Waals surface area contributed by atoms with Gasteiger partial charge in [-0.3, -0.25) is 4.79 Å². The lowest BCUT2D eigenvalue weighted by molar-refractivity contribution is -0.116. The predicted molar refractivity (Wildman–Crippen MR) is 69.1 cm³/mol. The largest absolute Gasteiger partial charge is 0.326 e. The molecule has 0 atom stereocenters. The zero-order valence-electron chi connectivity index (χ0n) is 10.1. The first-order valence-electron chi connectivity index (χ1n) is 5.64. The highest BCUT2D eigenvalue weighted by Gasteiger charge is 2.09. The second-order valence-corrected chi connectivity index (χ2v) is 4.31. The maximum Gasteiger partial charge on any atom is 0.224 e. The molecule has 1 aromatic carbocycles. The molecule has 1 N–H and O–H groups in total. The fourth-order valence-corrected chi connectivity index (χ4v) is 1.65. The first kappa shape index (κ1) is 14.5. The van der Waals surface area contributed by atoms with E-state index in [-0.39, 0.29) is 11.5 Å². The quantitative estimate of drug-likeness (QED) is 0.658. The van der Waals surface area contributed by atoms with Crippen molar-refractivity contribution in [3.05, 3.63) is 29.1 Å². The lowest BCUT2D eigenvalue weighted by Gasteiger charge is -2.09. The summed E-state index contributed by atoms with van der Waals surface area (Å²) in [5.41, 5.74) is 0.872. The molecule has 0 aliphatic heterocycles. The SMILES string of the molecule is Cc1c(F)cc(C#N)cc1NC(=O)CCCCCl. The maximum atomic E-state index is 13.5. The number of nitriles is 1. The Bertz CT molecular complexity index is 483. The van der Waals surface area contributed by atoms with Gasteiger partial charge in [0.25, 0.3) is 0 Å². The Kier molecular flexibility index (Phi) is 5.60. The lowest BCUT2D eigenvalue weighted by Crippen LogP contribution is -2.13. The molecule has 0 unspecified atom stereocenters. The summed E-state index contributed by atoms with van der Waals surface area (Å²) in [5.74, 6) is -0.173. The van der Waals surface area contributed by atoms with Crippen LogP contribution in [-0.4, -0.2) is 11.8 Å². The molecule has 0 saturated carbocycles. The number of carbonyl (C=O) groups excluding carboxylic acids is 1. The van der Waals surface area contributed by atoms with Crippen LogP contribution in [0.2, 0.25) is 0 Å².